The number of methoxy groups -OCH3 is 1. The maximum absolute atomic E-state index is 14.1. The van der Waals surface area contributed by atoms with E-state index in [2.05, 4.69) is 5.32 Å². The van der Waals surface area contributed by atoms with E-state index >= 15 is 0 Å². The van der Waals surface area contributed by atoms with E-state index < -0.39 is 36.4 Å². The molecular formula is C33H32N2O6. The molecule has 41 heavy (non-hydrogen) atoms. The average Bonchev–Trinajstić information content (AvgIpc) is 3.24. The predicted molar refractivity (Wildman–Crippen MR) is 151 cm³/mol. The molecule has 0 saturated carbocycles. The largest absolute Gasteiger partial charge is 0.495 e. The molecule has 3 atom stereocenters. The molecular weight excluding hydrogens is 520 g/mol. The lowest BCUT2D eigenvalue weighted by molar-refractivity contribution is -0.160. The van der Waals surface area contributed by atoms with E-state index in [1.165, 1.54) is 7.11 Å². The van der Waals surface area contributed by atoms with Gasteiger partial charge in [-0.1, -0.05) is 74.5 Å². The lowest BCUT2D eigenvalue weighted by Gasteiger charge is -2.45. The summed E-state index contributed by atoms with van der Waals surface area (Å²) in [6.07, 6.45) is 0.235. The summed E-state index contributed by atoms with van der Waals surface area (Å²) in [6, 6.07) is 21.8. The molecule has 0 spiro atoms. The average molecular weight is 553 g/mol. The summed E-state index contributed by atoms with van der Waals surface area (Å²) in [4.78, 5) is 55.6. The number of anilines is 1. The van der Waals surface area contributed by atoms with Gasteiger partial charge in [-0.25, -0.2) is 4.79 Å². The van der Waals surface area contributed by atoms with Gasteiger partial charge in [-0.15, -0.1) is 0 Å². The van der Waals surface area contributed by atoms with Crippen LogP contribution in [-0.2, 0) is 23.9 Å². The molecule has 0 radical (unpaired) electrons. The molecule has 3 aromatic carbocycles. The molecule has 3 aliphatic carbocycles. The van der Waals surface area contributed by atoms with Crippen molar-refractivity contribution in [3.05, 3.63) is 95.1 Å². The number of para-hydroxylation sites is 2. The van der Waals surface area contributed by atoms with Crippen molar-refractivity contribution >= 4 is 29.4 Å². The van der Waals surface area contributed by atoms with Crippen molar-refractivity contribution in [2.45, 2.75) is 38.1 Å². The molecule has 2 bridgehead atoms. The van der Waals surface area contributed by atoms with Gasteiger partial charge in [0.1, 0.15) is 11.8 Å². The minimum Gasteiger partial charge on any atom is -0.495 e. The van der Waals surface area contributed by atoms with Crippen LogP contribution in [0.3, 0.4) is 0 Å². The first-order valence-corrected chi connectivity index (χ1v) is 14.0. The minimum absolute atomic E-state index is 0.00991. The number of hydrogen-bond donors (Lipinski definition) is 1. The minimum atomic E-state index is -1.12. The second kappa shape index (κ2) is 10.5. The van der Waals surface area contributed by atoms with Crippen LogP contribution >= 0.6 is 0 Å². The van der Waals surface area contributed by atoms with Crippen LogP contribution in [0.25, 0.3) is 0 Å². The number of nitrogens with zero attached hydrogens (tertiary/aromatic N) is 1. The summed E-state index contributed by atoms with van der Waals surface area (Å²) >= 11 is 0. The van der Waals surface area contributed by atoms with E-state index in [-0.39, 0.29) is 36.0 Å². The number of ether oxygens (including phenoxy) is 2. The topological polar surface area (TPSA) is 102 Å². The van der Waals surface area contributed by atoms with Crippen molar-refractivity contribution in [3.8, 4) is 5.75 Å². The van der Waals surface area contributed by atoms with Gasteiger partial charge in [-0.3, -0.25) is 19.3 Å². The molecule has 1 fully saturated rings. The Hall–Kier alpha value is -4.46. The maximum atomic E-state index is 14.1. The van der Waals surface area contributed by atoms with Gasteiger partial charge < -0.3 is 14.8 Å². The quantitative estimate of drug-likeness (QED) is 0.327. The van der Waals surface area contributed by atoms with Crippen LogP contribution in [0.15, 0.2) is 72.8 Å². The van der Waals surface area contributed by atoms with E-state index in [4.69, 9.17) is 9.47 Å². The third kappa shape index (κ3) is 4.38. The zero-order chi connectivity index (χ0) is 28.8. The Bertz CT molecular complexity index is 1430. The molecule has 1 heterocycles. The highest BCUT2D eigenvalue weighted by atomic mass is 16.5. The number of carbonyl (C=O) groups excluding carboxylic acids is 4. The lowest BCUT2D eigenvalue weighted by atomic mass is 9.55. The van der Waals surface area contributed by atoms with Crippen LogP contribution < -0.4 is 10.1 Å². The molecule has 3 amide bonds. The molecule has 1 aliphatic heterocycles. The maximum Gasteiger partial charge on any atom is 0.329 e. The fourth-order valence-corrected chi connectivity index (χ4v) is 6.93. The fourth-order valence-electron chi connectivity index (χ4n) is 6.93. The summed E-state index contributed by atoms with van der Waals surface area (Å²) in [5.74, 6) is -3.26. The summed E-state index contributed by atoms with van der Waals surface area (Å²) in [5.41, 5.74) is 4.71. The Morgan fingerprint density at radius 3 is 1.78 bits per heavy atom. The third-order valence-electron chi connectivity index (χ3n) is 8.49. The molecule has 0 aromatic heterocycles. The zero-order valence-electron chi connectivity index (χ0n) is 23.2. The Kier molecular flexibility index (Phi) is 6.85. The van der Waals surface area contributed by atoms with Crippen LogP contribution in [0, 0.1) is 17.8 Å². The zero-order valence-corrected chi connectivity index (χ0v) is 23.2. The highest BCUT2D eigenvalue weighted by molar-refractivity contribution is 6.10. The molecule has 210 valence electrons. The van der Waals surface area contributed by atoms with E-state index in [0.717, 1.165) is 27.2 Å². The Balaban J connectivity index is 1.27. The number of hydrogen-bond acceptors (Lipinski definition) is 6. The van der Waals surface area contributed by atoms with Gasteiger partial charge in [-0.2, -0.15) is 0 Å². The number of rotatable bonds is 8. The molecule has 1 saturated heterocycles. The number of imide groups is 1. The van der Waals surface area contributed by atoms with Gasteiger partial charge in [0.25, 0.3) is 5.91 Å². The van der Waals surface area contributed by atoms with Gasteiger partial charge >= 0.3 is 5.97 Å². The first-order chi connectivity index (χ1) is 19.8. The van der Waals surface area contributed by atoms with Crippen molar-refractivity contribution in [1.82, 2.24) is 4.90 Å². The van der Waals surface area contributed by atoms with Crippen molar-refractivity contribution in [2.75, 3.05) is 19.0 Å². The molecule has 8 nitrogen and oxygen atoms in total. The van der Waals surface area contributed by atoms with Crippen LogP contribution in [0.2, 0.25) is 0 Å². The number of amides is 3. The normalized spacial score (nSPS) is 22.6. The summed E-state index contributed by atoms with van der Waals surface area (Å²) in [7, 11) is 1.49. The van der Waals surface area contributed by atoms with Crippen LogP contribution in [0.1, 0.15) is 54.4 Å². The first-order valence-electron chi connectivity index (χ1n) is 14.0. The van der Waals surface area contributed by atoms with E-state index in [9.17, 15) is 19.2 Å². The standard InChI is InChI=1S/C33H32N2O6/c1-18(2)16-24(33(39)41-17-26(36)34-23-14-8-9-15-25(23)40-3)35-31(37)29-27-19-10-4-5-11-20(19)28(30(29)32(35)38)22-13-7-6-12-21(22)27/h4-15,18,24,27-30H,16-17H2,1-3H3,(H,34,36)/t24-,27?,28?,29+,30+/m0/s1. The number of esters is 1. The predicted octanol–water partition coefficient (Wildman–Crippen LogP) is 4.48. The van der Waals surface area contributed by atoms with Crippen LogP contribution in [-0.4, -0.2) is 48.3 Å². The molecule has 7 rings (SSSR count). The third-order valence-corrected chi connectivity index (χ3v) is 8.49. The van der Waals surface area contributed by atoms with Gasteiger partial charge in [0.2, 0.25) is 11.8 Å². The molecule has 1 N–H and O–H groups in total. The number of benzene rings is 3. The Morgan fingerprint density at radius 2 is 1.29 bits per heavy atom. The Labute approximate surface area is 238 Å². The van der Waals surface area contributed by atoms with Gasteiger partial charge in [-0.05, 0) is 46.7 Å². The number of likely N-dealkylation sites (tertiary alicyclic amines) is 1. The summed E-state index contributed by atoms with van der Waals surface area (Å²) in [6.45, 7) is 3.28. The van der Waals surface area contributed by atoms with Crippen molar-refractivity contribution < 1.29 is 28.7 Å². The van der Waals surface area contributed by atoms with E-state index in [1.807, 2.05) is 62.4 Å². The highest BCUT2D eigenvalue weighted by Gasteiger charge is 2.63. The monoisotopic (exact) mass is 552 g/mol. The summed E-state index contributed by atoms with van der Waals surface area (Å²) < 4.78 is 10.7. The smallest absolute Gasteiger partial charge is 0.329 e. The van der Waals surface area contributed by atoms with Crippen molar-refractivity contribution in [3.63, 3.8) is 0 Å². The van der Waals surface area contributed by atoms with E-state index in [0.29, 0.717) is 11.4 Å². The number of nitrogens with one attached hydrogen (secondary N) is 1. The lowest BCUT2D eigenvalue weighted by Crippen LogP contribution is -2.47. The molecule has 0 unspecified atom stereocenters. The second-order valence-corrected chi connectivity index (χ2v) is 11.3. The van der Waals surface area contributed by atoms with Crippen molar-refractivity contribution in [2.24, 2.45) is 17.8 Å². The van der Waals surface area contributed by atoms with Crippen LogP contribution in [0.5, 0.6) is 5.75 Å². The number of carbonyl (C=O) groups is 4. The second-order valence-electron chi connectivity index (χ2n) is 11.3. The Morgan fingerprint density at radius 1 is 0.805 bits per heavy atom. The van der Waals surface area contributed by atoms with Crippen LogP contribution in [0.4, 0.5) is 5.69 Å². The SMILES string of the molecule is COc1ccccc1NC(=O)COC(=O)[C@H](CC(C)C)N1C(=O)[C@@H]2C3c4ccccc4C(c4ccccc43)[C@H]2C1=O. The van der Waals surface area contributed by atoms with Gasteiger partial charge in [0.15, 0.2) is 6.61 Å². The first kappa shape index (κ1) is 26.7. The fraction of sp³-hybridized carbons (Fsp3) is 0.333. The highest BCUT2D eigenvalue weighted by Crippen LogP contribution is 2.61. The molecule has 3 aromatic rings. The molecule has 8 heteroatoms. The van der Waals surface area contributed by atoms with Gasteiger partial charge in [0.05, 0.1) is 24.6 Å². The summed E-state index contributed by atoms with van der Waals surface area (Å²) in [5, 5.41) is 2.68. The molecule has 4 aliphatic rings. The van der Waals surface area contributed by atoms with Crippen molar-refractivity contribution in [1.29, 1.82) is 0 Å². The van der Waals surface area contributed by atoms with Gasteiger partial charge in [0, 0.05) is 11.8 Å². The van der Waals surface area contributed by atoms with E-state index in [1.54, 1.807) is 24.3 Å².